The topological polar surface area (TPSA) is 94.3 Å². The predicted molar refractivity (Wildman–Crippen MR) is 67.4 cm³/mol. The number of nitrogens with zero attached hydrogens (tertiary/aromatic N) is 1. The van der Waals surface area contributed by atoms with Gasteiger partial charge in [-0.05, 0) is 26.3 Å². The highest BCUT2D eigenvalue weighted by molar-refractivity contribution is 7.89. The lowest BCUT2D eigenvalue weighted by atomic mass is 9.97. The number of ether oxygens (including phenoxy) is 1. The van der Waals surface area contributed by atoms with Crippen LogP contribution >= 0.6 is 0 Å². The molecule has 0 amide bonds. The van der Waals surface area contributed by atoms with Crippen LogP contribution in [0, 0.1) is 0 Å². The van der Waals surface area contributed by atoms with Crippen LogP contribution in [0.2, 0.25) is 0 Å². The molecular weight excluding hydrogens is 254 g/mol. The number of nitrogens with two attached hydrogens (primary N) is 1. The molecule has 2 atom stereocenters. The van der Waals surface area contributed by atoms with E-state index in [0.29, 0.717) is 13.0 Å². The summed E-state index contributed by atoms with van der Waals surface area (Å²) in [6.45, 7) is 4.25. The van der Waals surface area contributed by atoms with Crippen molar-refractivity contribution in [1.29, 1.82) is 0 Å². The summed E-state index contributed by atoms with van der Waals surface area (Å²) in [6.07, 6.45) is 1.86. The highest BCUT2D eigenvalue weighted by Crippen LogP contribution is 2.27. The van der Waals surface area contributed by atoms with Gasteiger partial charge >= 0.3 is 0 Å². The van der Waals surface area contributed by atoms with Crippen molar-refractivity contribution in [2.24, 2.45) is 0 Å². The number of nitrogen functional groups attached to an aromatic ring is 1. The second-order valence-electron chi connectivity index (χ2n) is 4.70. The van der Waals surface area contributed by atoms with Gasteiger partial charge in [-0.3, -0.25) is 0 Å². The zero-order valence-corrected chi connectivity index (χ0v) is 11.2. The number of pyridine rings is 1. The van der Waals surface area contributed by atoms with Gasteiger partial charge in [-0.25, -0.2) is 18.1 Å². The molecule has 0 radical (unpaired) electrons. The number of nitrogens with one attached hydrogen (secondary N) is 1. The molecule has 2 unspecified atom stereocenters. The van der Waals surface area contributed by atoms with Gasteiger partial charge in [0, 0.05) is 18.9 Å². The first kappa shape index (κ1) is 13.3. The Kier molecular flexibility index (Phi) is 3.31. The van der Waals surface area contributed by atoms with Crippen molar-refractivity contribution in [3.05, 3.63) is 18.3 Å². The number of aromatic nitrogens is 1. The molecule has 0 aromatic carbocycles. The molecule has 0 saturated carbocycles. The predicted octanol–water partition coefficient (Wildman–Crippen LogP) is 0.510. The Morgan fingerprint density at radius 3 is 2.89 bits per heavy atom. The number of hydrogen-bond acceptors (Lipinski definition) is 5. The molecule has 0 bridgehead atoms. The maximum atomic E-state index is 12.2. The third-order valence-corrected chi connectivity index (χ3v) is 4.93. The van der Waals surface area contributed by atoms with Crippen LogP contribution in [-0.2, 0) is 14.8 Å². The van der Waals surface area contributed by atoms with Crippen LogP contribution < -0.4 is 10.5 Å². The molecule has 6 nitrogen and oxygen atoms in total. The van der Waals surface area contributed by atoms with Gasteiger partial charge in [-0.15, -0.1) is 0 Å². The maximum absolute atomic E-state index is 12.2. The summed E-state index contributed by atoms with van der Waals surface area (Å²) in [5, 5.41) is 0. The summed E-state index contributed by atoms with van der Waals surface area (Å²) in [5.74, 6) is 0.179. The van der Waals surface area contributed by atoms with Crippen LogP contribution in [-0.4, -0.2) is 31.7 Å². The Bertz CT molecular complexity index is 546. The van der Waals surface area contributed by atoms with Crippen LogP contribution in [0.3, 0.4) is 0 Å². The van der Waals surface area contributed by atoms with E-state index in [1.54, 1.807) is 0 Å². The fraction of sp³-hybridized carbons (Fsp3) is 0.545. The highest BCUT2D eigenvalue weighted by atomic mass is 32.2. The van der Waals surface area contributed by atoms with Gasteiger partial charge in [0.05, 0.1) is 16.5 Å². The average molecular weight is 271 g/mol. The average Bonchev–Trinajstić information content (AvgIpc) is 2.58. The largest absolute Gasteiger partial charge is 0.384 e. The molecule has 2 heterocycles. The third-order valence-electron chi connectivity index (χ3n) is 3.32. The smallest absolute Gasteiger partial charge is 0.241 e. The normalized spacial score (nSPS) is 28.4. The maximum Gasteiger partial charge on any atom is 0.241 e. The zero-order chi connectivity index (χ0) is 13.4. The molecular formula is C11H17N3O3S. The van der Waals surface area contributed by atoms with Gasteiger partial charge in [0.15, 0.2) is 0 Å². The SMILES string of the molecule is CC1OCCC1(C)NS(=O)(=O)c1ccnc(N)c1. The van der Waals surface area contributed by atoms with Crippen LogP contribution in [0.5, 0.6) is 0 Å². The van der Waals surface area contributed by atoms with E-state index in [9.17, 15) is 8.42 Å². The molecule has 1 saturated heterocycles. The minimum Gasteiger partial charge on any atom is -0.384 e. The lowest BCUT2D eigenvalue weighted by Gasteiger charge is -2.28. The fourth-order valence-electron chi connectivity index (χ4n) is 1.93. The van der Waals surface area contributed by atoms with Crippen LogP contribution in [0.15, 0.2) is 23.2 Å². The number of sulfonamides is 1. The molecule has 1 aliphatic heterocycles. The first-order valence-electron chi connectivity index (χ1n) is 5.71. The molecule has 1 aliphatic rings. The van der Waals surface area contributed by atoms with E-state index in [0.717, 1.165) is 0 Å². The summed E-state index contributed by atoms with van der Waals surface area (Å²) < 4.78 is 32.6. The van der Waals surface area contributed by atoms with Crippen LogP contribution in [0.25, 0.3) is 0 Å². The number of anilines is 1. The molecule has 3 N–H and O–H groups in total. The minimum atomic E-state index is -3.61. The van der Waals surface area contributed by atoms with Crippen LogP contribution in [0.1, 0.15) is 20.3 Å². The fourth-order valence-corrected chi connectivity index (χ4v) is 3.45. The standard InChI is InChI=1S/C11H17N3O3S/c1-8-11(2,4-6-17-8)14-18(15,16)9-3-5-13-10(12)7-9/h3,5,7-8,14H,4,6H2,1-2H3,(H2,12,13). The highest BCUT2D eigenvalue weighted by Gasteiger charge is 2.40. The Morgan fingerprint density at radius 1 is 1.61 bits per heavy atom. The van der Waals surface area contributed by atoms with Gasteiger partial charge in [-0.2, -0.15) is 0 Å². The Balaban J connectivity index is 2.28. The van der Waals surface area contributed by atoms with E-state index < -0.39 is 15.6 Å². The van der Waals surface area contributed by atoms with Crippen molar-refractivity contribution in [2.45, 2.75) is 36.8 Å². The van der Waals surface area contributed by atoms with E-state index in [2.05, 4.69) is 9.71 Å². The summed E-state index contributed by atoms with van der Waals surface area (Å²) in [6, 6.07) is 2.76. The van der Waals surface area contributed by atoms with E-state index in [1.807, 2.05) is 13.8 Å². The Morgan fingerprint density at radius 2 is 2.33 bits per heavy atom. The van der Waals surface area contributed by atoms with Crippen molar-refractivity contribution < 1.29 is 13.2 Å². The molecule has 100 valence electrons. The van der Waals surface area contributed by atoms with Crippen molar-refractivity contribution in [3.8, 4) is 0 Å². The zero-order valence-electron chi connectivity index (χ0n) is 10.4. The molecule has 1 aromatic heterocycles. The first-order chi connectivity index (χ1) is 8.33. The lowest BCUT2D eigenvalue weighted by Crippen LogP contribution is -2.50. The van der Waals surface area contributed by atoms with Crippen molar-refractivity contribution in [1.82, 2.24) is 9.71 Å². The minimum absolute atomic E-state index is 0.121. The second-order valence-corrected chi connectivity index (χ2v) is 6.38. The summed E-state index contributed by atoms with van der Waals surface area (Å²) >= 11 is 0. The monoisotopic (exact) mass is 271 g/mol. The van der Waals surface area contributed by atoms with E-state index in [4.69, 9.17) is 10.5 Å². The summed E-state index contributed by atoms with van der Waals surface area (Å²) in [7, 11) is -3.61. The van der Waals surface area contributed by atoms with Crippen molar-refractivity contribution in [2.75, 3.05) is 12.3 Å². The lowest BCUT2D eigenvalue weighted by molar-refractivity contribution is 0.0957. The van der Waals surface area contributed by atoms with Gasteiger partial charge < -0.3 is 10.5 Å². The van der Waals surface area contributed by atoms with E-state index in [-0.39, 0.29) is 16.8 Å². The summed E-state index contributed by atoms with van der Waals surface area (Å²) in [4.78, 5) is 3.90. The molecule has 1 aromatic rings. The van der Waals surface area contributed by atoms with Crippen LogP contribution in [0.4, 0.5) is 5.82 Å². The molecule has 18 heavy (non-hydrogen) atoms. The van der Waals surface area contributed by atoms with Gasteiger partial charge in [0.1, 0.15) is 5.82 Å². The molecule has 7 heteroatoms. The number of hydrogen-bond donors (Lipinski definition) is 2. The first-order valence-corrected chi connectivity index (χ1v) is 7.19. The van der Waals surface area contributed by atoms with E-state index >= 15 is 0 Å². The van der Waals surface area contributed by atoms with Gasteiger partial charge in [0.25, 0.3) is 0 Å². The van der Waals surface area contributed by atoms with Gasteiger partial charge in [-0.1, -0.05) is 0 Å². The quantitative estimate of drug-likeness (QED) is 0.835. The van der Waals surface area contributed by atoms with Crippen molar-refractivity contribution >= 4 is 15.8 Å². The Hall–Kier alpha value is -1.18. The number of rotatable bonds is 3. The molecule has 2 rings (SSSR count). The molecule has 0 spiro atoms. The molecule has 1 fully saturated rings. The van der Waals surface area contributed by atoms with E-state index in [1.165, 1.54) is 18.3 Å². The van der Waals surface area contributed by atoms with Gasteiger partial charge in [0.2, 0.25) is 10.0 Å². The van der Waals surface area contributed by atoms with Crippen molar-refractivity contribution in [3.63, 3.8) is 0 Å². The Labute approximate surface area is 107 Å². The third kappa shape index (κ3) is 2.47. The second kappa shape index (κ2) is 4.49. The summed E-state index contributed by atoms with van der Waals surface area (Å²) in [5.41, 5.74) is 4.91. The molecule has 0 aliphatic carbocycles.